The zero-order valence-electron chi connectivity index (χ0n) is 17.9. The largest absolute Gasteiger partial charge is 0.308 e. The van der Waals surface area contributed by atoms with E-state index in [1.165, 1.54) is 20.7 Å². The first-order valence-electron chi connectivity index (χ1n) is 9.86. The zero-order valence-corrected chi connectivity index (χ0v) is 19.5. The van der Waals surface area contributed by atoms with E-state index in [2.05, 4.69) is 62.1 Å². The zero-order chi connectivity index (χ0) is 21.0. The molecule has 3 aromatic rings. The van der Waals surface area contributed by atoms with Crippen LogP contribution in [0, 0.1) is 20.8 Å². The molecule has 0 fully saturated rings. The molecule has 3 rings (SSSR count). The van der Waals surface area contributed by atoms with Crippen LogP contribution in [0.15, 0.2) is 41.3 Å². The molecule has 1 heterocycles. The van der Waals surface area contributed by atoms with E-state index in [0.717, 1.165) is 28.5 Å². The molecule has 0 aliphatic rings. The van der Waals surface area contributed by atoms with E-state index in [1.807, 2.05) is 19.0 Å². The fraction of sp³-hybridized carbons (Fsp3) is 0.391. The molecule has 0 aliphatic heterocycles. The van der Waals surface area contributed by atoms with Crippen LogP contribution in [-0.2, 0) is 4.79 Å². The van der Waals surface area contributed by atoms with Gasteiger partial charge >= 0.3 is 0 Å². The molecular formula is C23H29N3OS2. The third-order valence-corrected chi connectivity index (χ3v) is 7.07. The number of likely N-dealkylation sites (N-methyl/N-ethyl adjacent to an activating group) is 1. The third-order valence-electron chi connectivity index (χ3n) is 4.84. The van der Waals surface area contributed by atoms with Gasteiger partial charge in [-0.2, -0.15) is 0 Å². The minimum atomic E-state index is 0.140. The quantitative estimate of drug-likeness (QED) is 0.457. The van der Waals surface area contributed by atoms with E-state index in [4.69, 9.17) is 4.98 Å². The van der Waals surface area contributed by atoms with Crippen molar-refractivity contribution in [3.8, 4) is 0 Å². The molecule has 0 N–H and O–H groups in total. The molecule has 2 aromatic carbocycles. The molecule has 29 heavy (non-hydrogen) atoms. The SMILES string of the molecule is Cc1ccc(SCCC(=O)N(CCN(C)C)c2nc3c(C)ccc(C)c3s2)cc1. The van der Waals surface area contributed by atoms with Gasteiger partial charge in [-0.3, -0.25) is 9.69 Å². The first kappa shape index (κ1) is 21.8. The number of nitrogens with zero attached hydrogens (tertiary/aromatic N) is 3. The predicted molar refractivity (Wildman–Crippen MR) is 127 cm³/mol. The Morgan fingerprint density at radius 3 is 2.34 bits per heavy atom. The van der Waals surface area contributed by atoms with Crippen molar-refractivity contribution in [2.75, 3.05) is 37.8 Å². The summed E-state index contributed by atoms with van der Waals surface area (Å²) in [6.07, 6.45) is 0.500. The van der Waals surface area contributed by atoms with E-state index >= 15 is 0 Å². The molecule has 154 valence electrons. The van der Waals surface area contributed by atoms with E-state index < -0.39 is 0 Å². The number of aryl methyl sites for hydroxylation is 3. The lowest BCUT2D eigenvalue weighted by molar-refractivity contribution is -0.118. The van der Waals surface area contributed by atoms with E-state index in [9.17, 15) is 4.79 Å². The molecule has 0 saturated heterocycles. The summed E-state index contributed by atoms with van der Waals surface area (Å²) in [7, 11) is 4.06. The molecule has 0 bridgehead atoms. The lowest BCUT2D eigenvalue weighted by Crippen LogP contribution is -2.36. The summed E-state index contributed by atoms with van der Waals surface area (Å²) in [4.78, 5) is 23.1. The number of carbonyl (C=O) groups is 1. The first-order valence-corrected chi connectivity index (χ1v) is 11.7. The summed E-state index contributed by atoms with van der Waals surface area (Å²) in [5, 5.41) is 0.810. The smallest absolute Gasteiger partial charge is 0.229 e. The summed E-state index contributed by atoms with van der Waals surface area (Å²) in [6, 6.07) is 12.7. The maximum atomic E-state index is 13.1. The van der Waals surface area contributed by atoms with Crippen LogP contribution in [0.4, 0.5) is 5.13 Å². The average molecular weight is 428 g/mol. The molecule has 0 saturated carbocycles. The maximum Gasteiger partial charge on any atom is 0.229 e. The summed E-state index contributed by atoms with van der Waals surface area (Å²) in [6.45, 7) is 7.73. The van der Waals surface area contributed by atoms with Crippen molar-refractivity contribution in [2.24, 2.45) is 0 Å². The van der Waals surface area contributed by atoms with Gasteiger partial charge in [0.15, 0.2) is 5.13 Å². The van der Waals surface area contributed by atoms with Gasteiger partial charge in [0.25, 0.3) is 0 Å². The highest BCUT2D eigenvalue weighted by Gasteiger charge is 2.20. The number of carbonyl (C=O) groups excluding carboxylic acids is 1. The van der Waals surface area contributed by atoms with Crippen molar-refractivity contribution in [3.05, 3.63) is 53.1 Å². The van der Waals surface area contributed by atoms with Crippen LogP contribution in [0.2, 0.25) is 0 Å². The lowest BCUT2D eigenvalue weighted by atomic mass is 10.1. The second-order valence-electron chi connectivity index (χ2n) is 7.63. The lowest BCUT2D eigenvalue weighted by Gasteiger charge is -2.22. The Balaban J connectivity index is 1.75. The molecule has 1 amide bonds. The van der Waals surface area contributed by atoms with Gasteiger partial charge in [0.05, 0.1) is 10.2 Å². The van der Waals surface area contributed by atoms with Crippen LogP contribution in [0.1, 0.15) is 23.1 Å². The Morgan fingerprint density at radius 2 is 1.69 bits per heavy atom. The molecule has 0 spiro atoms. The van der Waals surface area contributed by atoms with Gasteiger partial charge in [-0.25, -0.2) is 4.98 Å². The van der Waals surface area contributed by atoms with Crippen LogP contribution in [0.25, 0.3) is 10.2 Å². The summed E-state index contributed by atoms with van der Waals surface area (Å²) in [5.74, 6) is 0.907. The molecule has 0 aliphatic carbocycles. The summed E-state index contributed by atoms with van der Waals surface area (Å²) in [5.41, 5.74) is 4.63. The van der Waals surface area contributed by atoms with Crippen molar-refractivity contribution >= 4 is 44.4 Å². The van der Waals surface area contributed by atoms with Gasteiger partial charge in [-0.15, -0.1) is 11.8 Å². The predicted octanol–water partition coefficient (Wildman–Crippen LogP) is 5.30. The van der Waals surface area contributed by atoms with Crippen LogP contribution >= 0.6 is 23.1 Å². The fourth-order valence-electron chi connectivity index (χ4n) is 3.02. The normalized spacial score (nSPS) is 11.4. The molecule has 4 nitrogen and oxygen atoms in total. The molecule has 1 aromatic heterocycles. The third kappa shape index (κ3) is 5.59. The van der Waals surface area contributed by atoms with Gasteiger partial charge in [0.2, 0.25) is 5.91 Å². The topological polar surface area (TPSA) is 36.4 Å². The number of anilines is 1. The van der Waals surface area contributed by atoms with Crippen LogP contribution in [0.3, 0.4) is 0 Å². The molecule has 6 heteroatoms. The Bertz CT molecular complexity index is 941. The Hall–Kier alpha value is -1.89. The second kappa shape index (κ2) is 9.74. The molecular weight excluding hydrogens is 398 g/mol. The number of rotatable bonds is 8. The number of aromatic nitrogens is 1. The van der Waals surface area contributed by atoms with Crippen LogP contribution < -0.4 is 4.90 Å². The second-order valence-corrected chi connectivity index (χ2v) is 9.78. The van der Waals surface area contributed by atoms with Crippen molar-refractivity contribution in [3.63, 3.8) is 0 Å². The molecule has 0 atom stereocenters. The molecule has 0 unspecified atom stereocenters. The number of amides is 1. The van der Waals surface area contributed by atoms with Gasteiger partial charge in [-0.1, -0.05) is 41.2 Å². The van der Waals surface area contributed by atoms with Crippen molar-refractivity contribution in [1.82, 2.24) is 9.88 Å². The minimum Gasteiger partial charge on any atom is -0.308 e. The number of benzene rings is 2. The van der Waals surface area contributed by atoms with Crippen molar-refractivity contribution < 1.29 is 4.79 Å². The highest BCUT2D eigenvalue weighted by molar-refractivity contribution is 7.99. The highest BCUT2D eigenvalue weighted by Crippen LogP contribution is 2.33. The van der Waals surface area contributed by atoms with Gasteiger partial charge in [0, 0.05) is 30.2 Å². The minimum absolute atomic E-state index is 0.140. The molecule has 0 radical (unpaired) electrons. The van der Waals surface area contributed by atoms with Crippen molar-refractivity contribution in [1.29, 1.82) is 0 Å². The van der Waals surface area contributed by atoms with Gasteiger partial charge in [0.1, 0.15) is 0 Å². The fourth-order valence-corrected chi connectivity index (χ4v) is 5.01. The van der Waals surface area contributed by atoms with Gasteiger partial charge < -0.3 is 4.90 Å². The number of hydrogen-bond donors (Lipinski definition) is 0. The summed E-state index contributed by atoms with van der Waals surface area (Å²) < 4.78 is 1.18. The highest BCUT2D eigenvalue weighted by atomic mass is 32.2. The summed E-state index contributed by atoms with van der Waals surface area (Å²) >= 11 is 3.36. The first-order chi connectivity index (χ1) is 13.8. The Kier molecular flexibility index (Phi) is 7.33. The van der Waals surface area contributed by atoms with Crippen LogP contribution in [-0.4, -0.2) is 48.7 Å². The van der Waals surface area contributed by atoms with E-state index in [1.54, 1.807) is 23.1 Å². The Labute approximate surface area is 181 Å². The number of thiazole rings is 1. The van der Waals surface area contributed by atoms with E-state index in [0.29, 0.717) is 13.0 Å². The van der Waals surface area contributed by atoms with Crippen molar-refractivity contribution in [2.45, 2.75) is 32.1 Å². The van der Waals surface area contributed by atoms with Gasteiger partial charge in [-0.05, 0) is 58.1 Å². The standard InChI is InChI=1S/C23H29N3OS2/c1-16-6-10-19(11-7-16)28-15-12-20(27)26(14-13-25(4)5)23-24-21-17(2)8-9-18(3)22(21)29-23/h6-11H,12-15H2,1-5H3. The number of hydrogen-bond acceptors (Lipinski definition) is 5. The monoisotopic (exact) mass is 427 g/mol. The maximum absolute atomic E-state index is 13.1. The van der Waals surface area contributed by atoms with Crippen LogP contribution in [0.5, 0.6) is 0 Å². The Morgan fingerprint density at radius 1 is 1.00 bits per heavy atom. The average Bonchev–Trinajstić information content (AvgIpc) is 3.13. The number of fused-ring (bicyclic) bond motifs is 1. The number of thioether (sulfide) groups is 1. The van der Waals surface area contributed by atoms with E-state index in [-0.39, 0.29) is 5.91 Å².